The van der Waals surface area contributed by atoms with Gasteiger partial charge in [0.05, 0.1) is 0 Å². The topological polar surface area (TPSA) is 21.6 Å². The number of benzene rings is 5. The van der Waals surface area contributed by atoms with Crippen LogP contribution in [0.25, 0.3) is 11.1 Å². The Morgan fingerprint density at radius 3 is 1.67 bits per heavy atom. The van der Waals surface area contributed by atoms with Crippen LogP contribution in [0.5, 0.6) is 0 Å². The van der Waals surface area contributed by atoms with E-state index in [1.807, 2.05) is 6.07 Å². The highest BCUT2D eigenvalue weighted by molar-refractivity contribution is 7.80. The Morgan fingerprint density at radius 1 is 0.528 bits per heavy atom. The molecule has 6 rings (SSSR count). The molecule has 0 fully saturated rings. The lowest BCUT2D eigenvalue weighted by Crippen LogP contribution is -2.22. The minimum Gasteiger partial charge on any atom is -0.475 e. The molecule has 0 saturated carbocycles. The van der Waals surface area contributed by atoms with Gasteiger partial charge in [-0.15, -0.1) is 0 Å². The maximum atomic E-state index is 6.19. The molecule has 1 unspecified atom stereocenters. The summed E-state index contributed by atoms with van der Waals surface area (Å²) in [6, 6.07) is 49.4. The lowest BCUT2D eigenvalue weighted by Gasteiger charge is -2.23. The fourth-order valence-electron chi connectivity index (χ4n) is 4.75. The molecule has 0 N–H and O–H groups in total. The van der Waals surface area contributed by atoms with Gasteiger partial charge < -0.3 is 4.74 Å². The SMILES string of the molecule is c1ccc(C2COC(c3ccccc3-c3ccccc3P(c3ccccc3)c3ccccc3)=N2)cc1. The fraction of sp³-hybridized carbons (Fsp3) is 0.0606. The van der Waals surface area contributed by atoms with E-state index >= 15 is 0 Å². The van der Waals surface area contributed by atoms with Crippen molar-refractivity contribution in [3.63, 3.8) is 0 Å². The summed E-state index contributed by atoms with van der Waals surface area (Å²) in [6.45, 7) is 0.566. The Morgan fingerprint density at radius 2 is 1.03 bits per heavy atom. The van der Waals surface area contributed by atoms with Crippen LogP contribution in [0.3, 0.4) is 0 Å². The molecule has 0 amide bonds. The number of ether oxygens (including phenoxy) is 1. The summed E-state index contributed by atoms with van der Waals surface area (Å²) in [5.74, 6) is 0.720. The first-order valence-electron chi connectivity index (χ1n) is 12.2. The van der Waals surface area contributed by atoms with E-state index < -0.39 is 7.92 Å². The van der Waals surface area contributed by atoms with Gasteiger partial charge >= 0.3 is 0 Å². The molecule has 0 spiro atoms. The van der Waals surface area contributed by atoms with Crippen molar-refractivity contribution in [2.75, 3.05) is 6.61 Å². The van der Waals surface area contributed by atoms with Gasteiger partial charge in [0.15, 0.2) is 0 Å². The second-order valence-corrected chi connectivity index (χ2v) is 10.9. The molecule has 36 heavy (non-hydrogen) atoms. The van der Waals surface area contributed by atoms with Crippen molar-refractivity contribution in [2.24, 2.45) is 4.99 Å². The Labute approximate surface area is 213 Å². The monoisotopic (exact) mass is 483 g/mol. The second-order valence-electron chi connectivity index (χ2n) is 8.74. The van der Waals surface area contributed by atoms with Crippen molar-refractivity contribution >= 4 is 29.7 Å². The van der Waals surface area contributed by atoms with Gasteiger partial charge in [-0.2, -0.15) is 0 Å². The van der Waals surface area contributed by atoms with Crippen LogP contribution in [0.15, 0.2) is 145 Å². The van der Waals surface area contributed by atoms with Gasteiger partial charge in [-0.3, -0.25) is 0 Å². The number of hydrogen-bond acceptors (Lipinski definition) is 2. The van der Waals surface area contributed by atoms with Gasteiger partial charge in [0.25, 0.3) is 0 Å². The van der Waals surface area contributed by atoms with Gasteiger partial charge in [-0.25, -0.2) is 4.99 Å². The number of aliphatic imine (C=N–C) groups is 1. The van der Waals surface area contributed by atoms with E-state index in [9.17, 15) is 0 Å². The predicted molar refractivity (Wildman–Crippen MR) is 152 cm³/mol. The quantitative estimate of drug-likeness (QED) is 0.249. The van der Waals surface area contributed by atoms with Crippen molar-refractivity contribution in [2.45, 2.75) is 6.04 Å². The summed E-state index contributed by atoms with van der Waals surface area (Å²) >= 11 is 0. The molecule has 2 nitrogen and oxygen atoms in total. The van der Waals surface area contributed by atoms with Crippen LogP contribution in [0.1, 0.15) is 17.2 Å². The Hall–Kier alpha value is -4.00. The minimum absolute atomic E-state index is 0.0234. The van der Waals surface area contributed by atoms with Crippen molar-refractivity contribution in [1.82, 2.24) is 0 Å². The average molecular weight is 484 g/mol. The van der Waals surface area contributed by atoms with Crippen molar-refractivity contribution in [1.29, 1.82) is 0 Å². The summed E-state index contributed by atoms with van der Waals surface area (Å²) < 4.78 is 6.19. The van der Waals surface area contributed by atoms with E-state index in [1.54, 1.807) is 0 Å². The standard InChI is InChI=1S/C33H26NOP/c1-4-14-25(15-5-1)31-24-35-33(34-31)30-22-11-10-20-28(30)29-21-12-13-23-32(29)36(26-16-6-2-7-17-26)27-18-8-3-9-19-27/h1-23,31H,24H2. The predicted octanol–water partition coefficient (Wildman–Crippen LogP) is 6.63. The molecule has 0 bridgehead atoms. The van der Waals surface area contributed by atoms with Gasteiger partial charge in [0, 0.05) is 5.56 Å². The zero-order chi connectivity index (χ0) is 24.2. The number of nitrogens with zero attached hydrogens (tertiary/aromatic N) is 1. The number of hydrogen-bond donors (Lipinski definition) is 0. The molecule has 5 aromatic carbocycles. The van der Waals surface area contributed by atoms with E-state index in [4.69, 9.17) is 9.73 Å². The highest BCUT2D eigenvalue weighted by atomic mass is 31.1. The highest BCUT2D eigenvalue weighted by Gasteiger charge is 2.26. The van der Waals surface area contributed by atoms with Crippen molar-refractivity contribution < 1.29 is 4.74 Å². The van der Waals surface area contributed by atoms with Gasteiger partial charge in [0.1, 0.15) is 12.6 Å². The molecule has 0 aliphatic carbocycles. The smallest absolute Gasteiger partial charge is 0.217 e. The van der Waals surface area contributed by atoms with Crippen molar-refractivity contribution in [3.8, 4) is 11.1 Å². The van der Waals surface area contributed by atoms with Crippen molar-refractivity contribution in [3.05, 3.63) is 151 Å². The third-order valence-electron chi connectivity index (χ3n) is 6.46. The number of rotatable bonds is 6. The average Bonchev–Trinajstić information content (AvgIpc) is 3.46. The first kappa shape index (κ1) is 22.5. The molecule has 1 atom stereocenters. The molecular weight excluding hydrogens is 457 g/mol. The van der Waals surface area contributed by atoms with E-state index in [0.29, 0.717) is 6.61 Å². The lowest BCUT2D eigenvalue weighted by atomic mass is 9.99. The van der Waals surface area contributed by atoms with Gasteiger partial charge in [-0.05, 0) is 46.6 Å². The van der Waals surface area contributed by atoms with E-state index in [0.717, 1.165) is 17.0 Å². The molecule has 1 aliphatic heterocycles. The molecule has 1 aliphatic rings. The highest BCUT2D eigenvalue weighted by Crippen LogP contribution is 2.38. The minimum atomic E-state index is -0.741. The molecular formula is C33H26NOP. The largest absolute Gasteiger partial charge is 0.475 e. The van der Waals surface area contributed by atoms with E-state index in [1.165, 1.54) is 27.0 Å². The molecule has 0 aromatic heterocycles. The first-order valence-corrected chi connectivity index (χ1v) is 13.6. The molecule has 1 heterocycles. The van der Waals surface area contributed by atoms with Crippen LogP contribution in [0, 0.1) is 0 Å². The first-order chi connectivity index (χ1) is 17.9. The molecule has 0 radical (unpaired) electrons. The summed E-state index contributed by atoms with van der Waals surface area (Å²) in [4.78, 5) is 5.01. The Balaban J connectivity index is 1.48. The summed E-state index contributed by atoms with van der Waals surface area (Å²) in [5, 5.41) is 4.00. The fourth-order valence-corrected chi connectivity index (χ4v) is 7.22. The van der Waals surface area contributed by atoms with Crippen LogP contribution in [0.2, 0.25) is 0 Å². The van der Waals surface area contributed by atoms with Crippen LogP contribution >= 0.6 is 7.92 Å². The van der Waals surface area contributed by atoms with Crippen LogP contribution in [-0.4, -0.2) is 12.5 Å². The Bertz CT molecular complexity index is 1440. The molecule has 174 valence electrons. The molecule has 3 heteroatoms. The third kappa shape index (κ3) is 4.49. The van der Waals surface area contributed by atoms with E-state index in [-0.39, 0.29) is 6.04 Å². The molecule has 0 saturated heterocycles. The summed E-state index contributed by atoms with van der Waals surface area (Å²) in [7, 11) is -0.741. The van der Waals surface area contributed by atoms with Crippen LogP contribution in [-0.2, 0) is 4.74 Å². The van der Waals surface area contributed by atoms with Crippen LogP contribution < -0.4 is 15.9 Å². The van der Waals surface area contributed by atoms with E-state index in [2.05, 4.69) is 133 Å². The summed E-state index contributed by atoms with van der Waals surface area (Å²) in [5.41, 5.74) is 4.60. The maximum absolute atomic E-state index is 6.19. The second kappa shape index (κ2) is 10.3. The van der Waals surface area contributed by atoms with Gasteiger partial charge in [-0.1, -0.05) is 133 Å². The zero-order valence-corrected chi connectivity index (χ0v) is 20.8. The molecule has 5 aromatic rings. The lowest BCUT2D eigenvalue weighted by molar-refractivity contribution is 0.320. The van der Waals surface area contributed by atoms with Gasteiger partial charge in [0.2, 0.25) is 5.90 Å². The zero-order valence-electron chi connectivity index (χ0n) is 19.9. The van der Waals surface area contributed by atoms with Crippen LogP contribution in [0.4, 0.5) is 0 Å². The summed E-state index contributed by atoms with van der Waals surface area (Å²) in [6.07, 6.45) is 0. The maximum Gasteiger partial charge on any atom is 0.217 e. The Kier molecular flexibility index (Phi) is 6.44. The normalized spacial score (nSPS) is 14.9. The third-order valence-corrected chi connectivity index (χ3v) is 8.96.